The summed E-state index contributed by atoms with van der Waals surface area (Å²) < 4.78 is 247. The van der Waals surface area contributed by atoms with Crippen molar-refractivity contribution < 1.29 is 78.9 Å². The topological polar surface area (TPSA) is 196 Å². The van der Waals surface area contributed by atoms with Crippen LogP contribution in [0.5, 0.6) is 34.5 Å². The SMILES string of the molecule is FB(F)n1cccc1/C(=C1/C=CC=N1)c1ccc(OP2(Oc3ccc(/C(=C4\C=CC=N4)c4cccn4B(F)F)cc3)=NP(Oc3ccc(/C(=C4\C=CC=N4)c4cccn4B(F)F)cc3)(Oc3ccc(/C(=C4\C=CC=N4)c4cccn4B(F)F)cc3)=NP(Oc3ccc(/C(=C4/C=CC=N4)c4cccn4B(F)F)cc3)(Oc3ccc(/C(=C4/C=CC=N4)c4cccn4B(F)F)cc3)=N2)cc1. The molecule has 0 aliphatic carbocycles. The number of nitrogens with zero attached hydrogens (tertiary/aromatic N) is 15. The summed E-state index contributed by atoms with van der Waals surface area (Å²) in [4.78, 5) is 27.2. The molecule has 7 aliphatic rings. The summed E-state index contributed by atoms with van der Waals surface area (Å²) in [5.74, 6) is -0.709. The summed E-state index contributed by atoms with van der Waals surface area (Å²) in [7, 11) is -33.6. The fourth-order valence-corrected chi connectivity index (χ4v) is 24.6. The highest BCUT2D eigenvalue weighted by atomic mass is 31.3. The third-order valence-corrected chi connectivity index (χ3v) is 29.3. The van der Waals surface area contributed by atoms with E-state index in [2.05, 4.69) is 30.0 Å². The zero-order chi connectivity index (χ0) is 90.8. The van der Waals surface area contributed by atoms with Crippen molar-refractivity contribution in [2.75, 3.05) is 0 Å². The van der Waals surface area contributed by atoms with Crippen molar-refractivity contribution in [3.63, 3.8) is 0 Å². The van der Waals surface area contributed by atoms with Crippen LogP contribution in [0.25, 0.3) is 33.4 Å². The molecule has 0 saturated carbocycles. The van der Waals surface area contributed by atoms with Crippen molar-refractivity contribution in [3.8, 4) is 34.5 Å². The third kappa shape index (κ3) is 17.6. The molecule has 0 bridgehead atoms. The number of aromatic nitrogens is 6. The van der Waals surface area contributed by atoms with Gasteiger partial charge in [-0.15, -0.1) is 0 Å². The summed E-state index contributed by atoms with van der Waals surface area (Å²) in [5, 5.41) is 0. The minimum atomic E-state index is -5.20. The lowest BCUT2D eigenvalue weighted by atomic mass is 9.99. The van der Waals surface area contributed by atoms with E-state index in [1.54, 1.807) is 146 Å². The largest absolute Gasteiger partial charge is 0.677 e. The molecule has 0 N–H and O–H groups in total. The molecule has 0 saturated heterocycles. The van der Waals surface area contributed by atoms with Gasteiger partial charge in [-0.05, 0) is 289 Å². The summed E-state index contributed by atoms with van der Waals surface area (Å²) in [5.41, 5.74) is 5.95. The van der Waals surface area contributed by atoms with Crippen molar-refractivity contribution in [1.82, 2.24) is 26.9 Å². The third-order valence-electron chi connectivity index (χ3n) is 21.2. The van der Waals surface area contributed by atoms with Crippen molar-refractivity contribution in [1.29, 1.82) is 0 Å². The highest BCUT2D eigenvalue weighted by Crippen LogP contribution is 2.79. The Labute approximate surface area is 748 Å². The lowest BCUT2D eigenvalue weighted by molar-refractivity contribution is 0.443. The predicted octanol–water partition coefficient (Wildman–Crippen LogP) is 24.2. The number of allylic oxidation sites excluding steroid dienone is 12. The van der Waals surface area contributed by atoms with Crippen LogP contribution in [0.2, 0.25) is 0 Å². The average Bonchev–Trinajstić information content (AvgIpc) is 0.884. The number of aliphatic imine (C=N–C) groups is 6. The number of rotatable bonds is 30. The molecule has 13 heterocycles. The highest BCUT2D eigenvalue weighted by molar-refractivity contribution is 7.79. The van der Waals surface area contributed by atoms with E-state index in [1.807, 2.05) is 0 Å². The van der Waals surface area contributed by atoms with Crippen LogP contribution >= 0.6 is 23.0 Å². The maximum Gasteiger partial charge on any atom is 0.677 e. The molecule has 21 nitrogen and oxygen atoms in total. The molecule has 19 rings (SSSR count). The standard InChI is InChI=1S/C90H60B6F12N15O6P3/c97-91(98)118-55-7-19-79(118)85(73-13-1-49-109-73)61-25-37-67(38-26-61)124-130(125-68-39-27-62(28-40-68)86(74-14-2-50-110-74)80-20-8-56-119(80)92(99)100)115-131(126-69-41-29-63(30-42-69)87(75-15-3-51-111-75)81-21-9-57-120(81)93(101)102,127-70-43-31-64(32-44-70)88(76-16-4-52-112-76)82-22-10-58-121(82)94(103)104)117-132(116-130,128-71-45-33-65(34-46-71)89(77-17-5-53-113-77)83-23-11-59-122(83)95(105)106)129-72-47-35-66(36-48-72)90(78-18-6-54-114-78)84-24-12-60-123(84)96(107)108/h1-60H/b85-73-,86-74-,87-75-,88-76-,89-77+,90-78+. The molecule has 132 heavy (non-hydrogen) atoms. The minimum absolute atomic E-state index is 0.0805. The van der Waals surface area contributed by atoms with Gasteiger partial charge >= 0.3 is 67.4 Å². The quantitative estimate of drug-likeness (QED) is 0.0244. The molecule has 6 aromatic heterocycles. The van der Waals surface area contributed by atoms with Crippen LogP contribution in [0.15, 0.2) is 406 Å². The van der Waals surface area contributed by atoms with Crippen LogP contribution in [0.3, 0.4) is 0 Å². The Kier molecular flexibility index (Phi) is 24.1. The van der Waals surface area contributed by atoms with E-state index in [4.69, 9.17) is 40.7 Å². The molecule has 0 spiro atoms. The van der Waals surface area contributed by atoms with Gasteiger partial charge in [0.2, 0.25) is 0 Å². The van der Waals surface area contributed by atoms with E-state index >= 15 is 51.8 Å². The number of hydrogen-bond donors (Lipinski definition) is 0. The van der Waals surface area contributed by atoms with Gasteiger partial charge < -0.3 is 54.0 Å². The molecule has 7 aliphatic heterocycles. The van der Waals surface area contributed by atoms with Gasteiger partial charge in [-0.2, -0.15) is 0 Å². The molecule has 12 aromatic rings. The molecule has 0 radical (unpaired) electrons. The molecule has 648 valence electrons. The van der Waals surface area contributed by atoms with Crippen molar-refractivity contribution in [2.24, 2.45) is 43.5 Å². The van der Waals surface area contributed by atoms with Crippen LogP contribution in [0, 0.1) is 0 Å². The lowest BCUT2D eigenvalue weighted by Gasteiger charge is -2.33. The highest BCUT2D eigenvalue weighted by Gasteiger charge is 2.50. The zero-order valence-corrected chi connectivity index (χ0v) is 70.8. The second kappa shape index (κ2) is 36.8. The first-order valence-electron chi connectivity index (χ1n) is 40.4. The second-order valence-electron chi connectivity index (χ2n) is 29.3. The zero-order valence-electron chi connectivity index (χ0n) is 68.1. The van der Waals surface area contributed by atoms with E-state index < -0.39 is 67.4 Å². The van der Waals surface area contributed by atoms with Gasteiger partial charge in [0.25, 0.3) is 0 Å². The number of benzene rings is 6. The number of halogens is 12. The monoisotopic (exact) mass is 1830 g/mol. The Hall–Kier alpha value is -15.1. The predicted molar refractivity (Wildman–Crippen MR) is 499 cm³/mol. The van der Waals surface area contributed by atoms with Gasteiger partial charge in [0, 0.05) is 105 Å². The van der Waals surface area contributed by atoms with Gasteiger partial charge in [0.15, 0.2) is 0 Å². The molecule has 0 amide bonds. The van der Waals surface area contributed by atoms with E-state index in [0.29, 0.717) is 67.6 Å². The molecular weight excluding hydrogens is 1770 g/mol. The van der Waals surface area contributed by atoms with Crippen LogP contribution < -0.4 is 27.1 Å². The Morgan fingerprint density at radius 2 is 0.348 bits per heavy atom. The second-order valence-corrected chi connectivity index (χ2v) is 35.5. The van der Waals surface area contributed by atoms with Gasteiger partial charge in [0.1, 0.15) is 34.5 Å². The summed E-state index contributed by atoms with van der Waals surface area (Å²) in [6.45, 7) is 0. The summed E-state index contributed by atoms with van der Waals surface area (Å²) >= 11 is 0. The maximum absolute atomic E-state index is 15.1. The van der Waals surface area contributed by atoms with E-state index in [-0.39, 0.29) is 102 Å². The molecule has 0 atom stereocenters. The van der Waals surface area contributed by atoms with Crippen LogP contribution in [0.1, 0.15) is 67.5 Å². The fourth-order valence-electron chi connectivity index (χ4n) is 15.6. The maximum atomic E-state index is 15.1. The normalized spacial score (nSPS) is 18.4. The fraction of sp³-hybridized carbons (Fsp3) is 0. The van der Waals surface area contributed by atoms with Gasteiger partial charge in [-0.1, -0.05) is 86.3 Å². The molecular formula is C90H60B6F12N15O6P3. The van der Waals surface area contributed by atoms with Crippen LogP contribution in [0.4, 0.5) is 51.8 Å². The van der Waals surface area contributed by atoms with Crippen molar-refractivity contribution in [3.05, 3.63) is 430 Å². The first-order chi connectivity index (χ1) is 64.2. The summed E-state index contributed by atoms with van der Waals surface area (Å²) in [6.07, 6.45) is 36.1. The summed E-state index contributed by atoms with van der Waals surface area (Å²) in [6, 6.07) is 54.3. The Morgan fingerprint density at radius 3 is 0.470 bits per heavy atom. The van der Waals surface area contributed by atoms with Gasteiger partial charge in [-0.25, -0.2) is 0 Å². The van der Waals surface area contributed by atoms with Crippen LogP contribution in [-0.4, -0.2) is 109 Å². The van der Waals surface area contributed by atoms with Crippen molar-refractivity contribution >= 4 is 138 Å². The first kappa shape index (κ1) is 86.3. The van der Waals surface area contributed by atoms with E-state index in [1.165, 1.54) is 220 Å². The first-order valence-corrected chi connectivity index (χ1v) is 45.0. The van der Waals surface area contributed by atoms with Crippen LogP contribution in [-0.2, 0) is 0 Å². The smallest absolute Gasteiger partial charge is 0.413 e. The Balaban J connectivity index is 0.880. The van der Waals surface area contributed by atoms with Gasteiger partial charge in [0.05, 0.1) is 34.2 Å². The van der Waals surface area contributed by atoms with Crippen molar-refractivity contribution in [2.45, 2.75) is 0 Å². The molecule has 42 heteroatoms. The number of hydrogen-bond acceptors (Lipinski definition) is 15. The molecule has 6 aromatic carbocycles. The van der Waals surface area contributed by atoms with E-state index in [0.717, 1.165) is 26.9 Å². The minimum Gasteiger partial charge on any atom is -0.413 e. The molecule has 0 unspecified atom stereocenters. The average molecular weight is 1830 g/mol. The Morgan fingerprint density at radius 1 is 0.205 bits per heavy atom. The van der Waals surface area contributed by atoms with E-state index in [9.17, 15) is 0 Å². The Bertz CT molecular complexity index is 6140. The molecule has 0 fully saturated rings. The lowest BCUT2D eigenvalue weighted by Crippen LogP contribution is -2.15. The van der Waals surface area contributed by atoms with Gasteiger partial charge in [-0.3, -0.25) is 81.7 Å².